The van der Waals surface area contributed by atoms with Crippen molar-refractivity contribution < 1.29 is 23.9 Å². The van der Waals surface area contributed by atoms with Gasteiger partial charge in [0.2, 0.25) is 5.91 Å². The molecule has 4 amide bonds. The molecule has 1 heterocycles. The second-order valence-corrected chi connectivity index (χ2v) is 8.33. The van der Waals surface area contributed by atoms with Crippen molar-refractivity contribution in [2.24, 2.45) is 0 Å². The van der Waals surface area contributed by atoms with Crippen LogP contribution in [0.2, 0.25) is 0 Å². The average Bonchev–Trinajstić information content (AvgIpc) is 3.04. The first-order chi connectivity index (χ1) is 16.0. The molecular formula is C25H29N3O5. The highest BCUT2D eigenvalue weighted by Gasteiger charge is 2.51. The van der Waals surface area contributed by atoms with Gasteiger partial charge < -0.3 is 20.1 Å². The molecule has 1 aliphatic carbocycles. The van der Waals surface area contributed by atoms with Gasteiger partial charge in [-0.3, -0.25) is 14.5 Å². The second kappa shape index (κ2) is 9.94. The maximum atomic E-state index is 12.9. The van der Waals surface area contributed by atoms with Crippen LogP contribution in [0.4, 0.5) is 10.5 Å². The van der Waals surface area contributed by atoms with Gasteiger partial charge in [-0.2, -0.15) is 0 Å². The van der Waals surface area contributed by atoms with Gasteiger partial charge >= 0.3 is 6.03 Å². The number of hydrogen-bond donors (Lipinski definition) is 2. The van der Waals surface area contributed by atoms with Crippen molar-refractivity contribution in [2.75, 3.05) is 18.5 Å². The first kappa shape index (κ1) is 22.6. The minimum atomic E-state index is -0.774. The Balaban J connectivity index is 1.35. The summed E-state index contributed by atoms with van der Waals surface area (Å²) in [5.74, 6) is 1.34. The molecule has 2 fully saturated rings. The SMILES string of the molecule is CCOc1ccc(Oc2ccccc2NC(=O)CCN2C(=O)NC3(CCCCC3)C2=O)cc1. The highest BCUT2D eigenvalue weighted by atomic mass is 16.5. The van der Waals surface area contributed by atoms with E-state index in [1.54, 1.807) is 30.3 Å². The number of para-hydroxylation sites is 2. The number of nitrogens with zero attached hydrogens (tertiary/aromatic N) is 1. The van der Waals surface area contributed by atoms with E-state index in [4.69, 9.17) is 9.47 Å². The lowest BCUT2D eigenvalue weighted by molar-refractivity contribution is -0.132. The highest BCUT2D eigenvalue weighted by Crippen LogP contribution is 2.34. The van der Waals surface area contributed by atoms with Crippen LogP contribution in [-0.2, 0) is 9.59 Å². The number of benzene rings is 2. The Morgan fingerprint density at radius 1 is 1.03 bits per heavy atom. The van der Waals surface area contributed by atoms with Crippen LogP contribution in [-0.4, -0.2) is 41.4 Å². The summed E-state index contributed by atoms with van der Waals surface area (Å²) >= 11 is 0. The lowest BCUT2D eigenvalue weighted by Gasteiger charge is -2.30. The number of urea groups is 1. The van der Waals surface area contributed by atoms with E-state index >= 15 is 0 Å². The number of anilines is 1. The molecule has 2 aliphatic rings. The molecule has 2 aromatic carbocycles. The smallest absolute Gasteiger partial charge is 0.325 e. The molecule has 0 atom stereocenters. The summed E-state index contributed by atoms with van der Waals surface area (Å²) in [6.07, 6.45) is 4.25. The molecule has 0 radical (unpaired) electrons. The van der Waals surface area contributed by atoms with Crippen LogP contribution in [0.5, 0.6) is 17.2 Å². The van der Waals surface area contributed by atoms with E-state index in [0.29, 0.717) is 36.6 Å². The summed E-state index contributed by atoms with van der Waals surface area (Å²) in [6, 6.07) is 13.9. The largest absolute Gasteiger partial charge is 0.494 e. The second-order valence-electron chi connectivity index (χ2n) is 8.33. The minimum absolute atomic E-state index is 0.00658. The Bertz CT molecular complexity index is 1010. The molecule has 0 aromatic heterocycles. The summed E-state index contributed by atoms with van der Waals surface area (Å²) in [6.45, 7) is 2.55. The Morgan fingerprint density at radius 2 is 1.73 bits per heavy atom. The predicted molar refractivity (Wildman–Crippen MR) is 123 cm³/mol. The molecule has 0 bridgehead atoms. The lowest BCUT2D eigenvalue weighted by atomic mass is 9.82. The van der Waals surface area contributed by atoms with E-state index in [2.05, 4.69) is 10.6 Å². The van der Waals surface area contributed by atoms with E-state index in [9.17, 15) is 14.4 Å². The molecule has 2 aromatic rings. The summed E-state index contributed by atoms with van der Waals surface area (Å²) in [4.78, 5) is 39.0. The number of imide groups is 1. The van der Waals surface area contributed by atoms with E-state index in [0.717, 1.165) is 25.0 Å². The molecule has 1 saturated heterocycles. The van der Waals surface area contributed by atoms with Crippen molar-refractivity contribution in [3.63, 3.8) is 0 Å². The van der Waals surface area contributed by atoms with Crippen molar-refractivity contribution in [1.82, 2.24) is 10.2 Å². The molecule has 8 nitrogen and oxygen atoms in total. The maximum absolute atomic E-state index is 12.9. The molecule has 0 unspecified atom stereocenters. The van der Waals surface area contributed by atoms with E-state index in [1.807, 2.05) is 25.1 Å². The van der Waals surface area contributed by atoms with Gasteiger partial charge in [-0.1, -0.05) is 31.4 Å². The number of nitrogens with one attached hydrogen (secondary N) is 2. The van der Waals surface area contributed by atoms with Crippen molar-refractivity contribution in [1.29, 1.82) is 0 Å². The maximum Gasteiger partial charge on any atom is 0.325 e. The number of hydrogen-bond acceptors (Lipinski definition) is 5. The van der Waals surface area contributed by atoms with Crippen LogP contribution in [0.15, 0.2) is 48.5 Å². The standard InChI is InChI=1S/C25H29N3O5/c1-2-32-18-10-12-19(13-11-18)33-21-9-5-4-8-20(21)26-22(29)14-17-28-23(30)25(27-24(28)31)15-6-3-7-16-25/h4-5,8-13H,2-3,6-7,14-17H2,1H3,(H,26,29)(H,27,31). The normalized spacial score (nSPS) is 17.1. The zero-order valence-electron chi connectivity index (χ0n) is 18.8. The third-order valence-electron chi connectivity index (χ3n) is 6.04. The van der Waals surface area contributed by atoms with Crippen LogP contribution in [0.1, 0.15) is 45.4 Å². The summed E-state index contributed by atoms with van der Waals surface area (Å²) in [7, 11) is 0. The fourth-order valence-electron chi connectivity index (χ4n) is 4.36. The van der Waals surface area contributed by atoms with Crippen LogP contribution < -0.4 is 20.1 Å². The van der Waals surface area contributed by atoms with Gasteiger partial charge in [-0.15, -0.1) is 0 Å². The van der Waals surface area contributed by atoms with E-state index in [-0.39, 0.29) is 24.8 Å². The fourth-order valence-corrected chi connectivity index (χ4v) is 4.36. The van der Waals surface area contributed by atoms with Crippen molar-refractivity contribution in [3.8, 4) is 17.2 Å². The molecule has 1 spiro atoms. The van der Waals surface area contributed by atoms with Crippen molar-refractivity contribution in [3.05, 3.63) is 48.5 Å². The number of ether oxygens (including phenoxy) is 2. The summed E-state index contributed by atoms with van der Waals surface area (Å²) < 4.78 is 11.4. The molecule has 2 N–H and O–H groups in total. The Kier molecular flexibility index (Phi) is 6.82. The molecule has 4 rings (SSSR count). The van der Waals surface area contributed by atoms with Crippen LogP contribution in [0.25, 0.3) is 0 Å². The number of carbonyl (C=O) groups excluding carboxylic acids is 3. The third kappa shape index (κ3) is 5.10. The predicted octanol–water partition coefficient (Wildman–Crippen LogP) is 4.46. The lowest BCUT2D eigenvalue weighted by Crippen LogP contribution is -2.48. The number of carbonyl (C=O) groups is 3. The Morgan fingerprint density at radius 3 is 2.45 bits per heavy atom. The minimum Gasteiger partial charge on any atom is -0.494 e. The number of rotatable bonds is 8. The topological polar surface area (TPSA) is 97.0 Å². The van der Waals surface area contributed by atoms with Crippen LogP contribution in [0.3, 0.4) is 0 Å². The third-order valence-corrected chi connectivity index (χ3v) is 6.04. The van der Waals surface area contributed by atoms with Crippen molar-refractivity contribution >= 4 is 23.5 Å². The molecular weight excluding hydrogens is 422 g/mol. The van der Waals surface area contributed by atoms with Gasteiger partial charge in [-0.05, 0) is 56.2 Å². The van der Waals surface area contributed by atoms with Gasteiger partial charge in [0.25, 0.3) is 5.91 Å². The van der Waals surface area contributed by atoms with Gasteiger partial charge in [0, 0.05) is 13.0 Å². The van der Waals surface area contributed by atoms with Crippen LogP contribution in [0, 0.1) is 0 Å². The average molecular weight is 452 g/mol. The highest BCUT2D eigenvalue weighted by molar-refractivity contribution is 6.07. The zero-order valence-corrected chi connectivity index (χ0v) is 18.8. The first-order valence-corrected chi connectivity index (χ1v) is 11.4. The zero-order chi connectivity index (χ0) is 23.3. The van der Waals surface area contributed by atoms with Gasteiger partial charge in [-0.25, -0.2) is 4.79 Å². The van der Waals surface area contributed by atoms with Crippen LogP contribution >= 0.6 is 0 Å². The molecule has 8 heteroatoms. The van der Waals surface area contributed by atoms with Gasteiger partial charge in [0.1, 0.15) is 17.0 Å². The monoisotopic (exact) mass is 451 g/mol. The molecule has 1 aliphatic heterocycles. The quantitative estimate of drug-likeness (QED) is 0.578. The molecule has 174 valence electrons. The Hall–Kier alpha value is -3.55. The molecule has 1 saturated carbocycles. The summed E-state index contributed by atoms with van der Waals surface area (Å²) in [5.41, 5.74) is -0.262. The molecule has 33 heavy (non-hydrogen) atoms. The van der Waals surface area contributed by atoms with Gasteiger partial charge in [0.15, 0.2) is 5.75 Å². The fraction of sp³-hybridized carbons (Fsp3) is 0.400. The number of amides is 4. The first-order valence-electron chi connectivity index (χ1n) is 11.4. The van der Waals surface area contributed by atoms with Crippen molar-refractivity contribution in [2.45, 2.75) is 51.0 Å². The van der Waals surface area contributed by atoms with Gasteiger partial charge in [0.05, 0.1) is 12.3 Å². The summed E-state index contributed by atoms with van der Waals surface area (Å²) in [5, 5.41) is 5.70. The van der Waals surface area contributed by atoms with E-state index in [1.165, 1.54) is 4.90 Å². The van der Waals surface area contributed by atoms with E-state index < -0.39 is 11.6 Å². The Labute approximate surface area is 193 Å².